The zero-order valence-electron chi connectivity index (χ0n) is 7.25. The summed E-state index contributed by atoms with van der Waals surface area (Å²) in [6.07, 6.45) is 2.58. The second-order valence-corrected chi connectivity index (χ2v) is 2.68. The highest BCUT2D eigenvalue weighted by Crippen LogP contribution is 2.05. The Morgan fingerprint density at radius 2 is 2.33 bits per heavy atom. The van der Waals surface area contributed by atoms with E-state index in [2.05, 4.69) is 17.2 Å². The number of pyridine rings is 1. The molecule has 12 heavy (non-hydrogen) atoms. The molecule has 1 aromatic heterocycles. The third kappa shape index (κ3) is 2.88. The van der Waals surface area contributed by atoms with E-state index in [-0.39, 0.29) is 5.75 Å². The SMILES string of the molecule is CCCNCc1ccc(O)cn1. The molecular formula is C9H14N2O. The van der Waals surface area contributed by atoms with Gasteiger partial charge in [-0.3, -0.25) is 4.98 Å². The maximum absolute atomic E-state index is 8.95. The molecule has 3 nitrogen and oxygen atoms in total. The molecule has 0 aliphatic heterocycles. The molecular weight excluding hydrogens is 152 g/mol. The van der Waals surface area contributed by atoms with Gasteiger partial charge in [0.15, 0.2) is 0 Å². The first-order valence-corrected chi connectivity index (χ1v) is 4.17. The summed E-state index contributed by atoms with van der Waals surface area (Å²) >= 11 is 0. The molecule has 0 aliphatic carbocycles. The first-order chi connectivity index (χ1) is 5.83. The Labute approximate surface area is 72.5 Å². The molecule has 0 saturated heterocycles. The average Bonchev–Trinajstić information content (AvgIpc) is 2.09. The molecule has 1 aromatic rings. The van der Waals surface area contributed by atoms with E-state index in [0.29, 0.717) is 0 Å². The van der Waals surface area contributed by atoms with Gasteiger partial charge in [0.1, 0.15) is 5.75 Å². The standard InChI is InChI=1S/C9H14N2O/c1-2-5-10-6-8-3-4-9(12)7-11-8/h3-4,7,10,12H,2,5-6H2,1H3. The van der Waals surface area contributed by atoms with Gasteiger partial charge in [0.25, 0.3) is 0 Å². The average molecular weight is 166 g/mol. The van der Waals surface area contributed by atoms with Gasteiger partial charge in [-0.15, -0.1) is 0 Å². The molecule has 0 aliphatic rings. The van der Waals surface area contributed by atoms with Crippen LogP contribution in [0, 0.1) is 0 Å². The van der Waals surface area contributed by atoms with Crippen LogP contribution in [-0.2, 0) is 6.54 Å². The van der Waals surface area contributed by atoms with E-state index in [4.69, 9.17) is 5.11 Å². The number of hydrogen-bond acceptors (Lipinski definition) is 3. The molecule has 2 N–H and O–H groups in total. The number of aromatic hydroxyl groups is 1. The van der Waals surface area contributed by atoms with Crippen molar-refractivity contribution in [1.29, 1.82) is 0 Å². The lowest BCUT2D eigenvalue weighted by molar-refractivity contribution is 0.471. The van der Waals surface area contributed by atoms with Crippen molar-refractivity contribution in [2.75, 3.05) is 6.54 Å². The van der Waals surface area contributed by atoms with Crippen LogP contribution in [0.15, 0.2) is 18.3 Å². The molecule has 0 fully saturated rings. The molecule has 0 amide bonds. The summed E-state index contributed by atoms with van der Waals surface area (Å²) in [4.78, 5) is 4.04. The molecule has 0 radical (unpaired) electrons. The first kappa shape index (κ1) is 9.00. The Hall–Kier alpha value is -1.09. The number of nitrogens with zero attached hydrogens (tertiary/aromatic N) is 1. The fourth-order valence-electron chi connectivity index (χ4n) is 0.914. The summed E-state index contributed by atoms with van der Waals surface area (Å²) in [6, 6.07) is 3.47. The van der Waals surface area contributed by atoms with E-state index >= 15 is 0 Å². The van der Waals surface area contributed by atoms with Crippen LogP contribution in [0.5, 0.6) is 5.75 Å². The summed E-state index contributed by atoms with van der Waals surface area (Å²) in [6.45, 7) is 3.90. The van der Waals surface area contributed by atoms with Crippen molar-refractivity contribution < 1.29 is 5.11 Å². The fourth-order valence-corrected chi connectivity index (χ4v) is 0.914. The molecule has 3 heteroatoms. The molecule has 0 unspecified atom stereocenters. The van der Waals surface area contributed by atoms with Crippen LogP contribution in [0.1, 0.15) is 19.0 Å². The van der Waals surface area contributed by atoms with Crippen LogP contribution < -0.4 is 5.32 Å². The lowest BCUT2D eigenvalue weighted by atomic mass is 10.3. The van der Waals surface area contributed by atoms with Gasteiger partial charge in [-0.25, -0.2) is 0 Å². The van der Waals surface area contributed by atoms with E-state index in [0.717, 1.165) is 25.2 Å². The zero-order chi connectivity index (χ0) is 8.81. The Bertz CT molecular complexity index is 220. The van der Waals surface area contributed by atoms with Gasteiger partial charge >= 0.3 is 0 Å². The van der Waals surface area contributed by atoms with Crippen molar-refractivity contribution in [2.24, 2.45) is 0 Å². The van der Waals surface area contributed by atoms with E-state index in [1.807, 2.05) is 6.07 Å². The predicted octanol–water partition coefficient (Wildman–Crippen LogP) is 1.29. The third-order valence-corrected chi connectivity index (χ3v) is 1.54. The summed E-state index contributed by atoms with van der Waals surface area (Å²) in [5, 5.41) is 12.2. The largest absolute Gasteiger partial charge is 0.506 e. The Morgan fingerprint density at radius 3 is 2.92 bits per heavy atom. The lowest BCUT2D eigenvalue weighted by Gasteiger charge is -2.01. The van der Waals surface area contributed by atoms with E-state index in [1.165, 1.54) is 6.20 Å². The van der Waals surface area contributed by atoms with Gasteiger partial charge in [0, 0.05) is 6.54 Å². The van der Waals surface area contributed by atoms with Gasteiger partial charge in [0.05, 0.1) is 11.9 Å². The van der Waals surface area contributed by atoms with Crippen molar-refractivity contribution >= 4 is 0 Å². The number of aromatic nitrogens is 1. The highest BCUT2D eigenvalue weighted by atomic mass is 16.3. The molecule has 0 saturated carbocycles. The van der Waals surface area contributed by atoms with Crippen molar-refractivity contribution in [3.63, 3.8) is 0 Å². The maximum atomic E-state index is 8.95. The fraction of sp³-hybridized carbons (Fsp3) is 0.444. The Kier molecular flexibility index (Phi) is 3.54. The topological polar surface area (TPSA) is 45.1 Å². The smallest absolute Gasteiger partial charge is 0.133 e. The summed E-state index contributed by atoms with van der Waals surface area (Å²) in [7, 11) is 0. The van der Waals surface area contributed by atoms with Crippen molar-refractivity contribution in [3.05, 3.63) is 24.0 Å². The zero-order valence-corrected chi connectivity index (χ0v) is 7.25. The van der Waals surface area contributed by atoms with Crippen LogP contribution in [0.4, 0.5) is 0 Å². The summed E-state index contributed by atoms with van der Waals surface area (Å²) in [5.74, 6) is 0.217. The molecule has 0 spiro atoms. The van der Waals surface area contributed by atoms with Crippen molar-refractivity contribution in [1.82, 2.24) is 10.3 Å². The molecule has 66 valence electrons. The van der Waals surface area contributed by atoms with E-state index in [9.17, 15) is 0 Å². The monoisotopic (exact) mass is 166 g/mol. The highest BCUT2D eigenvalue weighted by Gasteiger charge is 1.92. The molecule has 1 rings (SSSR count). The summed E-state index contributed by atoms with van der Waals surface area (Å²) < 4.78 is 0. The van der Waals surface area contributed by atoms with Crippen LogP contribution in [0.2, 0.25) is 0 Å². The van der Waals surface area contributed by atoms with Crippen molar-refractivity contribution in [3.8, 4) is 5.75 Å². The van der Waals surface area contributed by atoms with Gasteiger partial charge < -0.3 is 10.4 Å². The molecule has 0 atom stereocenters. The second kappa shape index (κ2) is 4.72. The first-order valence-electron chi connectivity index (χ1n) is 4.17. The lowest BCUT2D eigenvalue weighted by Crippen LogP contribution is -2.14. The Morgan fingerprint density at radius 1 is 1.50 bits per heavy atom. The third-order valence-electron chi connectivity index (χ3n) is 1.54. The van der Waals surface area contributed by atoms with Crippen LogP contribution >= 0.6 is 0 Å². The molecule has 0 bridgehead atoms. The van der Waals surface area contributed by atoms with Gasteiger partial charge in [-0.2, -0.15) is 0 Å². The molecule has 1 heterocycles. The normalized spacial score (nSPS) is 10.1. The highest BCUT2D eigenvalue weighted by molar-refractivity contribution is 5.17. The van der Waals surface area contributed by atoms with Gasteiger partial charge in [-0.05, 0) is 25.1 Å². The van der Waals surface area contributed by atoms with E-state index in [1.54, 1.807) is 6.07 Å². The van der Waals surface area contributed by atoms with Crippen LogP contribution in [0.25, 0.3) is 0 Å². The number of rotatable bonds is 4. The Balaban J connectivity index is 2.37. The minimum absolute atomic E-state index is 0.217. The second-order valence-electron chi connectivity index (χ2n) is 2.68. The maximum Gasteiger partial charge on any atom is 0.133 e. The quantitative estimate of drug-likeness (QED) is 0.662. The predicted molar refractivity (Wildman–Crippen MR) is 47.9 cm³/mol. The minimum Gasteiger partial charge on any atom is -0.506 e. The minimum atomic E-state index is 0.217. The van der Waals surface area contributed by atoms with Gasteiger partial charge in [-0.1, -0.05) is 6.92 Å². The summed E-state index contributed by atoms with van der Waals surface area (Å²) in [5.41, 5.74) is 0.959. The number of hydrogen-bond donors (Lipinski definition) is 2. The van der Waals surface area contributed by atoms with Crippen molar-refractivity contribution in [2.45, 2.75) is 19.9 Å². The molecule has 0 aromatic carbocycles. The van der Waals surface area contributed by atoms with Crippen LogP contribution in [-0.4, -0.2) is 16.6 Å². The van der Waals surface area contributed by atoms with Crippen LogP contribution in [0.3, 0.4) is 0 Å². The van der Waals surface area contributed by atoms with Gasteiger partial charge in [0.2, 0.25) is 0 Å². The van der Waals surface area contributed by atoms with E-state index < -0.39 is 0 Å². The number of nitrogens with one attached hydrogen (secondary N) is 1.